The van der Waals surface area contributed by atoms with Crippen molar-refractivity contribution in [2.75, 3.05) is 5.32 Å². The second-order valence-electron chi connectivity index (χ2n) is 6.30. The largest absolute Gasteiger partial charge is 0.318 e. The number of hydrogen-bond acceptors (Lipinski definition) is 3. The molecule has 1 fully saturated rings. The second-order valence-corrected chi connectivity index (χ2v) is 6.30. The van der Waals surface area contributed by atoms with Crippen molar-refractivity contribution < 1.29 is 4.79 Å². The summed E-state index contributed by atoms with van der Waals surface area (Å²) in [5.41, 5.74) is 2.22. The highest BCUT2D eigenvalue weighted by molar-refractivity contribution is 6.02. The van der Waals surface area contributed by atoms with Gasteiger partial charge in [-0.3, -0.25) is 14.6 Å². The maximum Gasteiger partial charge on any atom is 0.276 e. The zero-order valence-corrected chi connectivity index (χ0v) is 13.2. The van der Waals surface area contributed by atoms with E-state index in [1.165, 1.54) is 32.1 Å². The second kappa shape index (κ2) is 6.34. The summed E-state index contributed by atoms with van der Waals surface area (Å²) < 4.78 is 1.81. The molecule has 2 heterocycles. The molecule has 2 aromatic heterocycles. The van der Waals surface area contributed by atoms with Crippen molar-refractivity contribution in [3.05, 3.63) is 29.8 Å². The van der Waals surface area contributed by atoms with E-state index in [1.807, 2.05) is 30.8 Å². The molecule has 0 bridgehead atoms. The van der Waals surface area contributed by atoms with E-state index < -0.39 is 0 Å². The molecule has 0 spiro atoms. The Hall–Kier alpha value is -2.11. The van der Waals surface area contributed by atoms with Crippen LogP contribution < -0.4 is 5.32 Å². The monoisotopic (exact) mass is 301 g/mol. The lowest BCUT2D eigenvalue weighted by molar-refractivity contribution is 0.102. The molecular formula is C16H23N5O. The summed E-state index contributed by atoms with van der Waals surface area (Å²) in [5.74, 6) is 0.327. The molecular weight excluding hydrogens is 278 g/mol. The van der Waals surface area contributed by atoms with Gasteiger partial charge in [0.05, 0.1) is 11.9 Å². The first-order chi connectivity index (χ1) is 10.6. The predicted octanol–water partition coefficient (Wildman–Crippen LogP) is 3.49. The van der Waals surface area contributed by atoms with Gasteiger partial charge < -0.3 is 5.32 Å². The van der Waals surface area contributed by atoms with Gasteiger partial charge in [-0.2, -0.15) is 10.2 Å². The van der Waals surface area contributed by atoms with Crippen molar-refractivity contribution in [2.45, 2.75) is 57.9 Å². The standard InChI is InChI=1S/C16H23N5O/c1-11(2)21-10-13(9-17-21)18-16(22)15-8-14(19-20-15)12-6-4-3-5-7-12/h8-12H,3-7H2,1-2H3,(H,18,22)(H,19,20). The van der Waals surface area contributed by atoms with Crippen LogP contribution in [-0.2, 0) is 0 Å². The van der Waals surface area contributed by atoms with E-state index in [2.05, 4.69) is 20.6 Å². The van der Waals surface area contributed by atoms with E-state index in [4.69, 9.17) is 0 Å². The molecule has 1 aliphatic carbocycles. The minimum atomic E-state index is -0.193. The normalized spacial score (nSPS) is 16.1. The molecule has 6 heteroatoms. The summed E-state index contributed by atoms with van der Waals surface area (Å²) in [5, 5.41) is 14.3. The molecule has 2 aromatic rings. The topological polar surface area (TPSA) is 75.6 Å². The van der Waals surface area contributed by atoms with Crippen LogP contribution in [0, 0.1) is 0 Å². The third-order valence-corrected chi connectivity index (χ3v) is 4.26. The van der Waals surface area contributed by atoms with Crippen molar-refractivity contribution in [3.8, 4) is 0 Å². The molecule has 1 saturated carbocycles. The first-order valence-electron chi connectivity index (χ1n) is 8.04. The Labute approximate surface area is 130 Å². The third-order valence-electron chi connectivity index (χ3n) is 4.26. The van der Waals surface area contributed by atoms with Gasteiger partial charge in [0.1, 0.15) is 0 Å². The van der Waals surface area contributed by atoms with Gasteiger partial charge >= 0.3 is 0 Å². The number of rotatable bonds is 4. The number of nitrogens with one attached hydrogen (secondary N) is 2. The first kappa shape index (κ1) is 14.8. The number of anilines is 1. The molecule has 118 valence electrons. The van der Waals surface area contributed by atoms with Gasteiger partial charge in [-0.15, -0.1) is 0 Å². The Bertz CT molecular complexity index is 637. The number of amides is 1. The summed E-state index contributed by atoms with van der Waals surface area (Å²) in [6.07, 6.45) is 9.70. The van der Waals surface area contributed by atoms with Gasteiger partial charge in [-0.25, -0.2) is 0 Å². The average Bonchev–Trinajstić information content (AvgIpc) is 3.17. The lowest BCUT2D eigenvalue weighted by atomic mass is 9.87. The highest BCUT2D eigenvalue weighted by Crippen LogP contribution is 2.31. The van der Waals surface area contributed by atoms with Gasteiger partial charge in [-0.05, 0) is 32.8 Å². The SMILES string of the molecule is CC(C)n1cc(NC(=O)c2cc(C3CCCCC3)[nH]n2)cn1. The van der Waals surface area contributed by atoms with Crippen molar-refractivity contribution in [3.63, 3.8) is 0 Å². The minimum Gasteiger partial charge on any atom is -0.318 e. The van der Waals surface area contributed by atoms with Crippen LogP contribution in [0.5, 0.6) is 0 Å². The van der Waals surface area contributed by atoms with E-state index in [0.717, 1.165) is 5.69 Å². The molecule has 3 rings (SSSR count). The fraction of sp³-hybridized carbons (Fsp3) is 0.562. The quantitative estimate of drug-likeness (QED) is 0.907. The predicted molar refractivity (Wildman–Crippen MR) is 85.0 cm³/mol. The minimum absolute atomic E-state index is 0.193. The summed E-state index contributed by atoms with van der Waals surface area (Å²) in [7, 11) is 0. The Morgan fingerprint density at radius 3 is 2.82 bits per heavy atom. The molecule has 1 aliphatic rings. The number of aromatic amines is 1. The van der Waals surface area contributed by atoms with Crippen LogP contribution >= 0.6 is 0 Å². The summed E-state index contributed by atoms with van der Waals surface area (Å²) in [6, 6.07) is 2.16. The smallest absolute Gasteiger partial charge is 0.276 e. The number of aromatic nitrogens is 4. The number of carbonyl (C=O) groups is 1. The van der Waals surface area contributed by atoms with Crippen LogP contribution in [0.25, 0.3) is 0 Å². The Balaban J connectivity index is 1.65. The van der Waals surface area contributed by atoms with Gasteiger partial charge in [0.25, 0.3) is 5.91 Å². The number of carbonyl (C=O) groups excluding carboxylic acids is 1. The van der Waals surface area contributed by atoms with E-state index in [0.29, 0.717) is 17.3 Å². The van der Waals surface area contributed by atoms with Gasteiger partial charge in [0, 0.05) is 23.9 Å². The lowest BCUT2D eigenvalue weighted by Gasteiger charge is -2.19. The fourth-order valence-electron chi connectivity index (χ4n) is 2.96. The van der Waals surface area contributed by atoms with E-state index >= 15 is 0 Å². The molecule has 0 saturated heterocycles. The van der Waals surface area contributed by atoms with Crippen molar-refractivity contribution in [2.24, 2.45) is 0 Å². The molecule has 0 unspecified atom stereocenters. The summed E-state index contributed by atoms with van der Waals surface area (Å²) in [6.45, 7) is 4.09. The zero-order valence-electron chi connectivity index (χ0n) is 13.2. The molecule has 0 aromatic carbocycles. The van der Waals surface area contributed by atoms with E-state index in [9.17, 15) is 4.79 Å². The Morgan fingerprint density at radius 1 is 1.36 bits per heavy atom. The van der Waals surface area contributed by atoms with Gasteiger partial charge in [-0.1, -0.05) is 19.3 Å². The van der Waals surface area contributed by atoms with Crippen LogP contribution in [-0.4, -0.2) is 25.9 Å². The van der Waals surface area contributed by atoms with Crippen LogP contribution in [0.4, 0.5) is 5.69 Å². The third kappa shape index (κ3) is 3.21. The van der Waals surface area contributed by atoms with Crippen molar-refractivity contribution >= 4 is 11.6 Å². The van der Waals surface area contributed by atoms with Crippen LogP contribution in [0.2, 0.25) is 0 Å². The first-order valence-corrected chi connectivity index (χ1v) is 8.04. The number of H-pyrrole nitrogens is 1. The molecule has 2 N–H and O–H groups in total. The van der Waals surface area contributed by atoms with Crippen LogP contribution in [0.15, 0.2) is 18.5 Å². The van der Waals surface area contributed by atoms with Crippen LogP contribution in [0.3, 0.4) is 0 Å². The molecule has 0 radical (unpaired) electrons. The fourth-order valence-corrected chi connectivity index (χ4v) is 2.96. The van der Waals surface area contributed by atoms with Crippen molar-refractivity contribution in [1.29, 1.82) is 0 Å². The number of hydrogen-bond donors (Lipinski definition) is 2. The Kier molecular flexibility index (Phi) is 4.27. The van der Waals surface area contributed by atoms with Gasteiger partial charge in [0.2, 0.25) is 0 Å². The highest BCUT2D eigenvalue weighted by atomic mass is 16.1. The molecule has 6 nitrogen and oxygen atoms in total. The zero-order chi connectivity index (χ0) is 15.5. The van der Waals surface area contributed by atoms with Crippen LogP contribution in [0.1, 0.15) is 74.1 Å². The van der Waals surface area contributed by atoms with Gasteiger partial charge in [0.15, 0.2) is 5.69 Å². The molecule has 1 amide bonds. The lowest BCUT2D eigenvalue weighted by Crippen LogP contribution is -2.12. The molecule has 22 heavy (non-hydrogen) atoms. The average molecular weight is 301 g/mol. The number of nitrogens with zero attached hydrogens (tertiary/aromatic N) is 3. The van der Waals surface area contributed by atoms with E-state index in [-0.39, 0.29) is 11.9 Å². The highest BCUT2D eigenvalue weighted by Gasteiger charge is 2.19. The molecule has 0 atom stereocenters. The maximum atomic E-state index is 12.3. The summed E-state index contributed by atoms with van der Waals surface area (Å²) in [4.78, 5) is 12.3. The van der Waals surface area contributed by atoms with E-state index in [1.54, 1.807) is 6.20 Å². The Morgan fingerprint density at radius 2 is 2.14 bits per heavy atom. The maximum absolute atomic E-state index is 12.3. The van der Waals surface area contributed by atoms with Crippen molar-refractivity contribution in [1.82, 2.24) is 20.0 Å². The molecule has 0 aliphatic heterocycles. The summed E-state index contributed by atoms with van der Waals surface area (Å²) >= 11 is 0.